The third-order valence-electron chi connectivity index (χ3n) is 7.08. The van der Waals surface area contributed by atoms with Crippen molar-refractivity contribution in [1.82, 2.24) is 4.90 Å². The average Bonchev–Trinajstić information content (AvgIpc) is 2.82. The van der Waals surface area contributed by atoms with Gasteiger partial charge < -0.3 is 14.7 Å². The molecule has 0 amide bonds. The van der Waals surface area contributed by atoms with Crippen LogP contribution in [0.1, 0.15) is 79.6 Å². The molecule has 35 heavy (non-hydrogen) atoms. The first-order chi connectivity index (χ1) is 16.6. The number of ether oxygens (including phenoxy) is 1. The third kappa shape index (κ3) is 10.6. The molecule has 1 heterocycles. The van der Waals surface area contributed by atoms with Crippen molar-refractivity contribution in [1.29, 1.82) is 0 Å². The summed E-state index contributed by atoms with van der Waals surface area (Å²) in [7, 11) is 1.35. The molecule has 7 heteroatoms. The minimum atomic E-state index is -0.606. The molecule has 0 aromatic heterocycles. The number of nitrogens with zero attached hydrogens (tertiary/aromatic N) is 2. The van der Waals surface area contributed by atoms with E-state index in [1.54, 1.807) is 0 Å². The fraction of sp³-hybridized carbons (Fsp3) is 0.714. The Morgan fingerprint density at radius 2 is 1.80 bits per heavy atom. The van der Waals surface area contributed by atoms with Crippen LogP contribution in [0.4, 0.5) is 10.1 Å². The van der Waals surface area contributed by atoms with Crippen molar-refractivity contribution in [2.45, 2.75) is 85.6 Å². The van der Waals surface area contributed by atoms with E-state index in [1.807, 2.05) is 12.1 Å². The molecule has 0 saturated carbocycles. The van der Waals surface area contributed by atoms with Crippen molar-refractivity contribution >= 4 is 17.6 Å². The van der Waals surface area contributed by atoms with Crippen LogP contribution in [-0.4, -0.2) is 61.3 Å². The molecule has 0 radical (unpaired) electrons. The molecule has 1 fully saturated rings. The van der Waals surface area contributed by atoms with Crippen LogP contribution in [-0.2, 0) is 14.3 Å². The van der Waals surface area contributed by atoms with E-state index < -0.39 is 11.4 Å². The monoisotopic (exact) mass is 494 g/mol. The highest BCUT2D eigenvalue weighted by molar-refractivity contribution is 5.74. The number of carboxylic acids is 1. The first-order valence-electron chi connectivity index (χ1n) is 13.1. The average molecular weight is 495 g/mol. The van der Waals surface area contributed by atoms with E-state index in [4.69, 9.17) is 0 Å². The van der Waals surface area contributed by atoms with Gasteiger partial charge in [-0.25, -0.2) is 4.39 Å². The van der Waals surface area contributed by atoms with Gasteiger partial charge in [0.25, 0.3) is 0 Å². The number of carbonyl (C=O) groups excluding carboxylic acids is 1. The lowest BCUT2D eigenvalue weighted by Gasteiger charge is -2.41. The molecular weight excluding hydrogens is 447 g/mol. The highest BCUT2D eigenvalue weighted by Crippen LogP contribution is 2.38. The van der Waals surface area contributed by atoms with Crippen LogP contribution < -0.4 is 4.90 Å². The molecule has 3 atom stereocenters. The summed E-state index contributed by atoms with van der Waals surface area (Å²) in [6, 6.07) is 7.19. The zero-order valence-corrected chi connectivity index (χ0v) is 22.7. The van der Waals surface area contributed by atoms with Gasteiger partial charge in [0, 0.05) is 38.3 Å². The van der Waals surface area contributed by atoms with Crippen molar-refractivity contribution in [3.8, 4) is 0 Å². The summed E-state index contributed by atoms with van der Waals surface area (Å²) in [4.78, 5) is 26.6. The normalized spacial score (nSPS) is 18.7. The van der Waals surface area contributed by atoms with Crippen LogP contribution in [0.5, 0.6) is 0 Å². The van der Waals surface area contributed by atoms with Crippen LogP contribution in [0.2, 0.25) is 0 Å². The maximum Gasteiger partial charge on any atom is 0.309 e. The second kappa shape index (κ2) is 15.8. The fourth-order valence-electron chi connectivity index (χ4n) is 4.99. The van der Waals surface area contributed by atoms with Gasteiger partial charge in [0.1, 0.15) is 5.82 Å². The Morgan fingerprint density at radius 3 is 2.29 bits per heavy atom. The minimum absolute atomic E-state index is 0.195. The predicted octanol–water partition coefficient (Wildman–Crippen LogP) is 5.99. The number of methoxy groups -OCH3 is 1. The topological polar surface area (TPSA) is 70.1 Å². The number of aliphatic carboxylic acids is 1. The van der Waals surface area contributed by atoms with Gasteiger partial charge in [-0.3, -0.25) is 14.5 Å². The SMILES string of the molecule is CCCCC(CCC)(C[C@@H](C)CCN1CCN(c2ccc(F)cc2)C[C@@H]1C)C(=O)O.COC(C)=O. The largest absolute Gasteiger partial charge is 0.481 e. The van der Waals surface area contributed by atoms with Gasteiger partial charge in [0.15, 0.2) is 0 Å². The predicted molar refractivity (Wildman–Crippen MR) is 140 cm³/mol. The summed E-state index contributed by atoms with van der Waals surface area (Å²) in [5.41, 5.74) is 0.523. The zero-order valence-electron chi connectivity index (χ0n) is 22.7. The number of carboxylic acid groups (broad SMARTS) is 1. The Balaban J connectivity index is 0.00000111. The number of rotatable bonds is 12. The lowest BCUT2D eigenvalue weighted by atomic mass is 9.72. The first kappa shape index (κ1) is 30.9. The van der Waals surface area contributed by atoms with Gasteiger partial charge in [-0.05, 0) is 69.3 Å². The van der Waals surface area contributed by atoms with Gasteiger partial charge >= 0.3 is 11.9 Å². The van der Waals surface area contributed by atoms with E-state index in [2.05, 4.69) is 42.2 Å². The van der Waals surface area contributed by atoms with Gasteiger partial charge in [-0.15, -0.1) is 0 Å². The van der Waals surface area contributed by atoms with E-state index in [0.717, 1.165) is 76.8 Å². The molecule has 0 aliphatic carbocycles. The van der Waals surface area contributed by atoms with E-state index in [9.17, 15) is 19.1 Å². The number of anilines is 1. The zero-order chi connectivity index (χ0) is 26.4. The molecule has 6 nitrogen and oxygen atoms in total. The van der Waals surface area contributed by atoms with Gasteiger partial charge in [0.2, 0.25) is 0 Å². The van der Waals surface area contributed by atoms with Crippen LogP contribution in [0.25, 0.3) is 0 Å². The van der Waals surface area contributed by atoms with Crippen molar-refractivity contribution < 1.29 is 23.8 Å². The number of benzene rings is 1. The van der Waals surface area contributed by atoms with Gasteiger partial charge in [0.05, 0.1) is 12.5 Å². The van der Waals surface area contributed by atoms with Crippen molar-refractivity contribution in [3.63, 3.8) is 0 Å². The number of esters is 1. The van der Waals surface area contributed by atoms with Crippen LogP contribution in [0, 0.1) is 17.2 Å². The molecule has 1 aliphatic heterocycles. The van der Waals surface area contributed by atoms with Gasteiger partial charge in [-0.1, -0.05) is 40.0 Å². The maximum atomic E-state index is 13.2. The molecule has 1 saturated heterocycles. The van der Waals surface area contributed by atoms with Crippen molar-refractivity contribution in [3.05, 3.63) is 30.1 Å². The summed E-state index contributed by atoms with van der Waals surface area (Å²) in [5, 5.41) is 10.0. The second-order valence-corrected chi connectivity index (χ2v) is 10.0. The molecule has 200 valence electrons. The smallest absolute Gasteiger partial charge is 0.309 e. The Labute approximate surface area is 211 Å². The molecule has 1 aromatic rings. The number of hydrogen-bond acceptors (Lipinski definition) is 5. The number of piperazine rings is 1. The molecular formula is C28H47FN2O4. The Kier molecular flexibility index (Phi) is 13.9. The molecule has 0 bridgehead atoms. The number of halogens is 1. The first-order valence-corrected chi connectivity index (χ1v) is 13.1. The van der Waals surface area contributed by atoms with E-state index in [0.29, 0.717) is 12.0 Å². The summed E-state index contributed by atoms with van der Waals surface area (Å²) in [5.74, 6) is -0.651. The summed E-state index contributed by atoms with van der Waals surface area (Å²) in [6.07, 6.45) is 6.34. The number of hydrogen-bond donors (Lipinski definition) is 1. The fourth-order valence-corrected chi connectivity index (χ4v) is 4.99. The Morgan fingerprint density at radius 1 is 1.17 bits per heavy atom. The van der Waals surface area contributed by atoms with Crippen LogP contribution >= 0.6 is 0 Å². The standard InChI is InChI=1S/C25H41FN2O2.C3H6O2/c1-5-7-14-25(13-6-2,24(29)30)18-20(3)12-15-27-16-17-28(19-21(27)4)23-10-8-22(26)9-11-23;1-3(4)5-2/h8-11,20-21H,5-7,12-19H2,1-4H3,(H,29,30);1-2H3/t20-,21-,25?;/m0./s1. The maximum absolute atomic E-state index is 13.2. The third-order valence-corrected chi connectivity index (χ3v) is 7.08. The molecule has 1 unspecified atom stereocenters. The highest BCUT2D eigenvalue weighted by Gasteiger charge is 2.38. The summed E-state index contributed by atoms with van der Waals surface area (Å²) in [6.45, 7) is 13.9. The Hall–Kier alpha value is -2.15. The van der Waals surface area contributed by atoms with E-state index in [-0.39, 0.29) is 11.8 Å². The Bertz CT molecular complexity index is 758. The molecule has 1 N–H and O–H groups in total. The van der Waals surface area contributed by atoms with Crippen LogP contribution in [0.15, 0.2) is 24.3 Å². The number of carbonyl (C=O) groups is 2. The minimum Gasteiger partial charge on any atom is -0.481 e. The molecule has 1 aromatic carbocycles. The summed E-state index contributed by atoms with van der Waals surface area (Å²) >= 11 is 0. The van der Waals surface area contributed by atoms with E-state index >= 15 is 0 Å². The molecule has 0 spiro atoms. The van der Waals surface area contributed by atoms with Crippen molar-refractivity contribution in [2.75, 3.05) is 38.2 Å². The summed E-state index contributed by atoms with van der Waals surface area (Å²) < 4.78 is 17.3. The van der Waals surface area contributed by atoms with Crippen LogP contribution in [0.3, 0.4) is 0 Å². The highest BCUT2D eigenvalue weighted by atomic mass is 19.1. The van der Waals surface area contributed by atoms with Crippen molar-refractivity contribution in [2.24, 2.45) is 11.3 Å². The quantitative estimate of drug-likeness (QED) is 0.360. The lowest BCUT2D eigenvalue weighted by Crippen LogP contribution is -2.52. The lowest BCUT2D eigenvalue weighted by molar-refractivity contribution is -0.151. The number of unbranched alkanes of at least 4 members (excludes halogenated alkanes) is 1. The molecule has 1 aliphatic rings. The van der Waals surface area contributed by atoms with Gasteiger partial charge in [-0.2, -0.15) is 0 Å². The second-order valence-electron chi connectivity index (χ2n) is 10.0. The molecule has 2 rings (SSSR count). The van der Waals surface area contributed by atoms with E-state index in [1.165, 1.54) is 26.2 Å².